The Morgan fingerprint density at radius 1 is 1.53 bits per heavy atom. The summed E-state index contributed by atoms with van der Waals surface area (Å²) in [7, 11) is 0. The van der Waals surface area contributed by atoms with Crippen molar-refractivity contribution in [3.05, 3.63) is 18.2 Å². The van der Waals surface area contributed by atoms with E-state index >= 15 is 0 Å². The molecule has 0 aliphatic carbocycles. The zero-order valence-electron chi connectivity index (χ0n) is 9.56. The van der Waals surface area contributed by atoms with Crippen LogP contribution in [0.1, 0.15) is 26.2 Å². The molecule has 90 valence electrons. The van der Waals surface area contributed by atoms with Gasteiger partial charge in [0, 0.05) is 12.5 Å². The van der Waals surface area contributed by atoms with Crippen molar-refractivity contribution in [2.75, 3.05) is 5.32 Å². The van der Waals surface area contributed by atoms with Gasteiger partial charge in [0.2, 0.25) is 5.91 Å². The molecule has 1 aromatic heterocycles. The number of thiazole rings is 1. The Hall–Kier alpha value is -1.62. The smallest absolute Gasteiger partial charge is 0.226 e. The van der Waals surface area contributed by atoms with Crippen molar-refractivity contribution in [1.82, 2.24) is 4.98 Å². The zero-order valence-corrected chi connectivity index (χ0v) is 10.4. The van der Waals surface area contributed by atoms with E-state index in [1.807, 2.05) is 6.92 Å². The molecule has 0 saturated heterocycles. The third kappa shape index (κ3) is 2.94. The van der Waals surface area contributed by atoms with Gasteiger partial charge in [-0.3, -0.25) is 4.79 Å². The highest BCUT2D eigenvalue weighted by atomic mass is 32.1. The second-order valence-corrected chi connectivity index (χ2v) is 4.85. The highest BCUT2D eigenvalue weighted by Gasteiger charge is 2.07. The average Bonchev–Trinajstić information content (AvgIpc) is 2.67. The molecule has 0 atom stereocenters. The van der Waals surface area contributed by atoms with E-state index in [0.29, 0.717) is 17.1 Å². The number of fused-ring (bicyclic) bond motifs is 1. The maximum Gasteiger partial charge on any atom is 0.226 e. The standard InChI is InChI=1S/C12H14N2O2S/c1-2-3-4-11(16)14-12-13-9-7-8(15)5-6-10(9)17-12/h5-7,15H,2-4H2,1H3,(H,13,14,16). The van der Waals surface area contributed by atoms with E-state index in [-0.39, 0.29) is 11.7 Å². The minimum Gasteiger partial charge on any atom is -0.508 e. The molecular weight excluding hydrogens is 236 g/mol. The lowest BCUT2D eigenvalue weighted by Gasteiger charge is -1.98. The predicted molar refractivity (Wildman–Crippen MR) is 69.4 cm³/mol. The van der Waals surface area contributed by atoms with E-state index in [1.165, 1.54) is 11.3 Å². The number of hydrogen-bond acceptors (Lipinski definition) is 4. The molecule has 0 bridgehead atoms. The SMILES string of the molecule is CCCCC(=O)Nc1nc2cc(O)ccc2s1. The van der Waals surface area contributed by atoms with Gasteiger partial charge in [-0.2, -0.15) is 0 Å². The molecule has 5 heteroatoms. The quantitative estimate of drug-likeness (QED) is 0.876. The maximum atomic E-state index is 11.5. The van der Waals surface area contributed by atoms with Crippen molar-refractivity contribution < 1.29 is 9.90 Å². The number of benzene rings is 1. The van der Waals surface area contributed by atoms with Crippen LogP contribution in [-0.2, 0) is 4.79 Å². The van der Waals surface area contributed by atoms with Crippen LogP contribution in [0.4, 0.5) is 5.13 Å². The molecule has 0 saturated carbocycles. The second-order valence-electron chi connectivity index (χ2n) is 3.82. The number of nitrogens with one attached hydrogen (secondary N) is 1. The normalized spacial score (nSPS) is 10.6. The second kappa shape index (κ2) is 5.14. The predicted octanol–water partition coefficient (Wildman–Crippen LogP) is 3.13. The molecule has 1 heterocycles. The molecule has 2 aromatic rings. The Morgan fingerprint density at radius 3 is 3.12 bits per heavy atom. The zero-order chi connectivity index (χ0) is 12.3. The van der Waals surface area contributed by atoms with Crippen LogP contribution in [0.15, 0.2) is 18.2 Å². The molecule has 2 N–H and O–H groups in total. The summed E-state index contributed by atoms with van der Waals surface area (Å²) >= 11 is 1.41. The van der Waals surface area contributed by atoms with Crippen molar-refractivity contribution >= 4 is 32.6 Å². The van der Waals surface area contributed by atoms with E-state index < -0.39 is 0 Å². The van der Waals surface area contributed by atoms with Crippen LogP contribution < -0.4 is 5.32 Å². The van der Waals surface area contributed by atoms with Crippen molar-refractivity contribution in [1.29, 1.82) is 0 Å². The summed E-state index contributed by atoms with van der Waals surface area (Å²) in [6.45, 7) is 2.05. The monoisotopic (exact) mass is 250 g/mol. The fraction of sp³-hybridized carbons (Fsp3) is 0.333. The number of hydrogen-bond donors (Lipinski definition) is 2. The molecule has 2 rings (SSSR count). The number of aromatic nitrogens is 1. The van der Waals surface area contributed by atoms with E-state index in [1.54, 1.807) is 18.2 Å². The molecule has 0 radical (unpaired) electrons. The van der Waals surface area contributed by atoms with E-state index in [9.17, 15) is 9.90 Å². The lowest BCUT2D eigenvalue weighted by molar-refractivity contribution is -0.116. The van der Waals surface area contributed by atoms with Crippen LogP contribution in [0.5, 0.6) is 5.75 Å². The van der Waals surface area contributed by atoms with Gasteiger partial charge in [0.1, 0.15) is 5.75 Å². The molecule has 4 nitrogen and oxygen atoms in total. The van der Waals surface area contributed by atoms with Gasteiger partial charge in [0.15, 0.2) is 5.13 Å². The van der Waals surface area contributed by atoms with Gasteiger partial charge in [-0.15, -0.1) is 0 Å². The first-order valence-electron chi connectivity index (χ1n) is 5.58. The molecule has 0 fully saturated rings. The molecular formula is C12H14N2O2S. The molecule has 1 aromatic carbocycles. The summed E-state index contributed by atoms with van der Waals surface area (Å²) in [5, 5.41) is 12.7. The van der Waals surface area contributed by atoms with Gasteiger partial charge in [-0.25, -0.2) is 4.98 Å². The maximum absolute atomic E-state index is 11.5. The van der Waals surface area contributed by atoms with E-state index in [2.05, 4.69) is 10.3 Å². The minimum atomic E-state index is -0.00451. The van der Waals surface area contributed by atoms with Gasteiger partial charge < -0.3 is 10.4 Å². The first kappa shape index (κ1) is 11.9. The summed E-state index contributed by atoms with van der Waals surface area (Å²) in [4.78, 5) is 15.8. The van der Waals surface area contributed by atoms with Gasteiger partial charge in [-0.05, 0) is 18.6 Å². The molecule has 0 spiro atoms. The van der Waals surface area contributed by atoms with Gasteiger partial charge in [-0.1, -0.05) is 24.7 Å². The minimum absolute atomic E-state index is 0.00451. The summed E-state index contributed by atoms with van der Waals surface area (Å²) in [5.74, 6) is 0.182. The lowest BCUT2D eigenvalue weighted by atomic mass is 10.2. The van der Waals surface area contributed by atoms with Crippen molar-refractivity contribution in [3.63, 3.8) is 0 Å². The average molecular weight is 250 g/mol. The van der Waals surface area contributed by atoms with Crippen molar-refractivity contribution in [2.45, 2.75) is 26.2 Å². The van der Waals surface area contributed by atoms with Crippen LogP contribution in [0.25, 0.3) is 10.2 Å². The molecule has 0 aliphatic rings. The summed E-state index contributed by atoms with van der Waals surface area (Å²) < 4.78 is 0.952. The summed E-state index contributed by atoms with van der Waals surface area (Å²) in [5.41, 5.74) is 0.709. The van der Waals surface area contributed by atoms with Crippen LogP contribution in [0.3, 0.4) is 0 Å². The molecule has 0 aliphatic heterocycles. The Labute approximate surface area is 103 Å². The number of aromatic hydroxyl groups is 1. The fourth-order valence-electron chi connectivity index (χ4n) is 1.49. The largest absolute Gasteiger partial charge is 0.508 e. The third-order valence-electron chi connectivity index (χ3n) is 2.37. The molecule has 17 heavy (non-hydrogen) atoms. The number of nitrogens with zero attached hydrogens (tertiary/aromatic N) is 1. The summed E-state index contributed by atoms with van der Waals surface area (Å²) in [6, 6.07) is 5.00. The first-order valence-corrected chi connectivity index (χ1v) is 6.40. The van der Waals surface area contributed by atoms with E-state index in [4.69, 9.17) is 0 Å². The lowest BCUT2D eigenvalue weighted by Crippen LogP contribution is -2.10. The van der Waals surface area contributed by atoms with Crippen LogP contribution >= 0.6 is 11.3 Å². The van der Waals surface area contributed by atoms with Crippen LogP contribution in [0.2, 0.25) is 0 Å². The molecule has 1 amide bonds. The molecule has 0 unspecified atom stereocenters. The Morgan fingerprint density at radius 2 is 2.35 bits per heavy atom. The number of unbranched alkanes of at least 4 members (excludes halogenated alkanes) is 1. The van der Waals surface area contributed by atoms with Crippen molar-refractivity contribution in [2.24, 2.45) is 0 Å². The number of phenolic OH excluding ortho intramolecular Hbond substituents is 1. The van der Waals surface area contributed by atoms with Gasteiger partial charge in [0.05, 0.1) is 10.2 Å². The topological polar surface area (TPSA) is 62.2 Å². The Bertz CT molecular complexity index is 536. The highest BCUT2D eigenvalue weighted by molar-refractivity contribution is 7.22. The number of carbonyl (C=O) groups is 1. The van der Waals surface area contributed by atoms with Crippen LogP contribution in [-0.4, -0.2) is 16.0 Å². The summed E-state index contributed by atoms with van der Waals surface area (Å²) in [6.07, 6.45) is 2.41. The number of amides is 1. The number of phenols is 1. The van der Waals surface area contributed by atoms with Gasteiger partial charge in [0.25, 0.3) is 0 Å². The van der Waals surface area contributed by atoms with Crippen LogP contribution in [0, 0.1) is 0 Å². The number of rotatable bonds is 4. The van der Waals surface area contributed by atoms with E-state index in [0.717, 1.165) is 17.5 Å². The number of anilines is 1. The Kier molecular flexibility index (Phi) is 3.58. The van der Waals surface area contributed by atoms with Crippen molar-refractivity contribution in [3.8, 4) is 5.75 Å². The first-order chi connectivity index (χ1) is 8.19. The third-order valence-corrected chi connectivity index (χ3v) is 3.33. The highest BCUT2D eigenvalue weighted by Crippen LogP contribution is 2.28. The fourth-order valence-corrected chi connectivity index (χ4v) is 2.35. The van der Waals surface area contributed by atoms with Gasteiger partial charge >= 0.3 is 0 Å². The number of carbonyl (C=O) groups excluding carboxylic acids is 1. The Balaban J connectivity index is 2.11.